The van der Waals surface area contributed by atoms with Crippen molar-refractivity contribution in [3.05, 3.63) is 65.0 Å². The molecule has 0 radical (unpaired) electrons. The molecule has 5 nitrogen and oxygen atoms in total. The average Bonchev–Trinajstić information content (AvgIpc) is 3.07. The maximum absolute atomic E-state index is 11.9. The third kappa shape index (κ3) is 4.52. The zero-order valence-corrected chi connectivity index (χ0v) is 14.5. The van der Waals surface area contributed by atoms with E-state index in [-0.39, 0.29) is 5.91 Å². The predicted molar refractivity (Wildman–Crippen MR) is 95.4 cm³/mol. The number of carbonyl (C=O) groups is 1. The summed E-state index contributed by atoms with van der Waals surface area (Å²) in [6.45, 7) is 0. The van der Waals surface area contributed by atoms with Gasteiger partial charge in [-0.25, -0.2) is 0 Å². The van der Waals surface area contributed by atoms with Gasteiger partial charge in [0.05, 0.1) is 0 Å². The van der Waals surface area contributed by atoms with E-state index >= 15 is 0 Å². The van der Waals surface area contributed by atoms with Gasteiger partial charge in [0, 0.05) is 28.6 Å². The molecule has 1 amide bonds. The van der Waals surface area contributed by atoms with Crippen LogP contribution >= 0.6 is 15.9 Å². The number of anilines is 1. The van der Waals surface area contributed by atoms with Crippen molar-refractivity contribution in [2.45, 2.75) is 19.3 Å². The number of rotatable bonds is 6. The number of nitrogens with zero attached hydrogens (tertiary/aromatic N) is 2. The van der Waals surface area contributed by atoms with E-state index in [1.165, 1.54) is 0 Å². The van der Waals surface area contributed by atoms with E-state index < -0.39 is 0 Å². The minimum atomic E-state index is -0.0277. The fourth-order valence-electron chi connectivity index (χ4n) is 2.22. The summed E-state index contributed by atoms with van der Waals surface area (Å²) >= 11 is 3.36. The first-order valence-corrected chi connectivity index (χ1v) is 8.43. The van der Waals surface area contributed by atoms with Crippen molar-refractivity contribution in [1.82, 2.24) is 10.1 Å². The number of carbonyl (C=O) groups excluding carboxylic acids is 1. The standard InChI is InChI=1S/C18H16BrN3O2/c19-14-9-11-15(12-10-14)20-16(23)7-4-8-17-21-18(22-24-17)13-5-2-1-3-6-13/h1-3,5-6,9-12H,4,7-8H2,(H,20,23). The number of hydrogen-bond donors (Lipinski definition) is 1. The average molecular weight is 386 g/mol. The van der Waals surface area contributed by atoms with Crippen molar-refractivity contribution in [2.75, 3.05) is 5.32 Å². The number of hydrogen-bond acceptors (Lipinski definition) is 4. The smallest absolute Gasteiger partial charge is 0.226 e. The first-order chi connectivity index (χ1) is 11.7. The van der Waals surface area contributed by atoms with Gasteiger partial charge in [-0.15, -0.1) is 0 Å². The molecule has 1 N–H and O–H groups in total. The maximum atomic E-state index is 11.9. The van der Waals surface area contributed by atoms with Gasteiger partial charge in [0.15, 0.2) is 0 Å². The molecule has 1 aromatic heterocycles. The van der Waals surface area contributed by atoms with Gasteiger partial charge in [-0.1, -0.05) is 51.4 Å². The Morgan fingerprint density at radius 3 is 2.58 bits per heavy atom. The van der Waals surface area contributed by atoms with Crippen LogP contribution in [0.25, 0.3) is 11.4 Å². The number of amides is 1. The molecule has 24 heavy (non-hydrogen) atoms. The molecule has 2 aromatic carbocycles. The van der Waals surface area contributed by atoms with Crippen LogP contribution in [0.4, 0.5) is 5.69 Å². The second-order valence-electron chi connectivity index (χ2n) is 5.29. The van der Waals surface area contributed by atoms with E-state index in [1.807, 2.05) is 54.6 Å². The summed E-state index contributed by atoms with van der Waals surface area (Å²) < 4.78 is 6.21. The zero-order chi connectivity index (χ0) is 16.8. The normalized spacial score (nSPS) is 10.5. The molecule has 0 fully saturated rings. The van der Waals surface area contributed by atoms with Crippen LogP contribution in [0, 0.1) is 0 Å². The summed E-state index contributed by atoms with van der Waals surface area (Å²) in [6.07, 6.45) is 1.63. The third-order valence-corrected chi connectivity index (χ3v) is 3.95. The first-order valence-electron chi connectivity index (χ1n) is 7.64. The predicted octanol–water partition coefficient (Wildman–Crippen LogP) is 4.46. The molecule has 1 heterocycles. The lowest BCUT2D eigenvalue weighted by atomic mass is 10.2. The highest BCUT2D eigenvalue weighted by molar-refractivity contribution is 9.10. The molecular weight excluding hydrogens is 370 g/mol. The van der Waals surface area contributed by atoms with E-state index in [1.54, 1.807) is 0 Å². The van der Waals surface area contributed by atoms with Gasteiger partial charge >= 0.3 is 0 Å². The molecule has 0 bridgehead atoms. The Morgan fingerprint density at radius 2 is 1.83 bits per heavy atom. The SMILES string of the molecule is O=C(CCCc1nc(-c2ccccc2)no1)Nc1ccc(Br)cc1. The van der Waals surface area contributed by atoms with Gasteiger partial charge in [-0.3, -0.25) is 4.79 Å². The van der Waals surface area contributed by atoms with Crippen molar-refractivity contribution >= 4 is 27.5 Å². The van der Waals surface area contributed by atoms with Gasteiger partial charge < -0.3 is 9.84 Å². The van der Waals surface area contributed by atoms with Crippen LogP contribution in [-0.4, -0.2) is 16.0 Å². The van der Waals surface area contributed by atoms with Gasteiger partial charge in [-0.05, 0) is 30.7 Å². The van der Waals surface area contributed by atoms with Crippen molar-refractivity contribution in [3.63, 3.8) is 0 Å². The molecule has 0 spiro atoms. The highest BCUT2D eigenvalue weighted by atomic mass is 79.9. The van der Waals surface area contributed by atoms with Crippen LogP contribution in [0.1, 0.15) is 18.7 Å². The second kappa shape index (κ2) is 7.88. The van der Waals surface area contributed by atoms with E-state index in [9.17, 15) is 4.79 Å². The zero-order valence-electron chi connectivity index (χ0n) is 12.9. The first kappa shape index (κ1) is 16.4. The number of aromatic nitrogens is 2. The highest BCUT2D eigenvalue weighted by Crippen LogP contribution is 2.16. The molecule has 0 saturated carbocycles. The largest absolute Gasteiger partial charge is 0.339 e. The number of halogens is 1. The Kier molecular flexibility index (Phi) is 5.38. The van der Waals surface area contributed by atoms with Gasteiger partial charge in [0.1, 0.15) is 0 Å². The Labute approximate surface area is 148 Å². The Morgan fingerprint density at radius 1 is 1.08 bits per heavy atom. The van der Waals surface area contributed by atoms with Crippen molar-refractivity contribution in [2.24, 2.45) is 0 Å². The minimum absolute atomic E-state index is 0.0277. The number of benzene rings is 2. The monoisotopic (exact) mass is 385 g/mol. The number of nitrogens with one attached hydrogen (secondary N) is 1. The van der Waals surface area contributed by atoms with Crippen LogP contribution in [0.2, 0.25) is 0 Å². The van der Waals surface area contributed by atoms with Crippen LogP contribution in [0.3, 0.4) is 0 Å². The molecule has 0 saturated heterocycles. The molecule has 0 unspecified atom stereocenters. The van der Waals surface area contributed by atoms with Gasteiger partial charge in [0.25, 0.3) is 0 Å². The molecule has 3 rings (SSSR count). The lowest BCUT2D eigenvalue weighted by molar-refractivity contribution is -0.116. The summed E-state index contributed by atoms with van der Waals surface area (Å²) in [7, 11) is 0. The summed E-state index contributed by atoms with van der Waals surface area (Å²) in [5, 5.41) is 6.83. The molecular formula is C18H16BrN3O2. The van der Waals surface area contributed by atoms with Gasteiger partial charge in [0.2, 0.25) is 17.6 Å². The minimum Gasteiger partial charge on any atom is -0.339 e. The van der Waals surface area contributed by atoms with Crippen LogP contribution in [-0.2, 0) is 11.2 Å². The Hall–Kier alpha value is -2.47. The molecule has 3 aromatic rings. The third-order valence-electron chi connectivity index (χ3n) is 3.42. The molecule has 0 aliphatic rings. The summed E-state index contributed by atoms with van der Waals surface area (Å²) in [6, 6.07) is 17.1. The summed E-state index contributed by atoms with van der Waals surface area (Å²) in [4.78, 5) is 16.3. The second-order valence-corrected chi connectivity index (χ2v) is 6.20. The van der Waals surface area contributed by atoms with Crippen LogP contribution in [0.15, 0.2) is 63.6 Å². The Balaban J connectivity index is 1.47. The lowest BCUT2D eigenvalue weighted by Crippen LogP contribution is -2.11. The molecule has 0 aliphatic heterocycles. The van der Waals surface area contributed by atoms with Crippen LogP contribution < -0.4 is 5.32 Å². The van der Waals surface area contributed by atoms with E-state index in [4.69, 9.17) is 4.52 Å². The van der Waals surface area contributed by atoms with Gasteiger partial charge in [-0.2, -0.15) is 4.98 Å². The molecule has 0 aliphatic carbocycles. The summed E-state index contributed by atoms with van der Waals surface area (Å²) in [5.41, 5.74) is 1.70. The van der Waals surface area contributed by atoms with Crippen molar-refractivity contribution in [3.8, 4) is 11.4 Å². The fourth-order valence-corrected chi connectivity index (χ4v) is 2.48. The quantitative estimate of drug-likeness (QED) is 0.679. The lowest BCUT2D eigenvalue weighted by Gasteiger charge is -2.04. The Bertz CT molecular complexity index is 801. The fraction of sp³-hybridized carbons (Fsp3) is 0.167. The molecule has 6 heteroatoms. The van der Waals surface area contributed by atoms with Crippen LogP contribution in [0.5, 0.6) is 0 Å². The topological polar surface area (TPSA) is 68.0 Å². The molecule has 122 valence electrons. The van der Waals surface area contributed by atoms with E-state index in [2.05, 4.69) is 31.4 Å². The maximum Gasteiger partial charge on any atom is 0.226 e. The van der Waals surface area contributed by atoms with Crippen molar-refractivity contribution < 1.29 is 9.32 Å². The molecule has 0 atom stereocenters. The summed E-state index contributed by atoms with van der Waals surface area (Å²) in [5.74, 6) is 1.09. The highest BCUT2D eigenvalue weighted by Gasteiger charge is 2.09. The van der Waals surface area contributed by atoms with E-state index in [0.717, 1.165) is 15.7 Å². The van der Waals surface area contributed by atoms with Crippen molar-refractivity contribution in [1.29, 1.82) is 0 Å². The van der Waals surface area contributed by atoms with E-state index in [0.29, 0.717) is 31.0 Å². The number of aryl methyl sites for hydroxylation is 1.